The number of hydrogen-bond acceptors (Lipinski definition) is 2. The molecule has 1 N–H and O–H groups in total. The Kier molecular flexibility index (Phi) is 4.92. The molecule has 3 heteroatoms. The van der Waals surface area contributed by atoms with E-state index in [1.807, 2.05) is 0 Å². The summed E-state index contributed by atoms with van der Waals surface area (Å²) in [7, 11) is 0. The molecule has 0 saturated carbocycles. The largest absolute Gasteiger partial charge is 0.345 e. The highest BCUT2D eigenvalue weighted by atomic mass is 15.3. The molecule has 0 spiro atoms. The molecule has 2 heterocycles. The van der Waals surface area contributed by atoms with Crippen LogP contribution >= 0.6 is 0 Å². The van der Waals surface area contributed by atoms with Gasteiger partial charge in [0.1, 0.15) is 0 Å². The minimum absolute atomic E-state index is 0.0100. The van der Waals surface area contributed by atoms with Crippen LogP contribution < -0.4 is 5.32 Å². The molecule has 4 aromatic carbocycles. The van der Waals surface area contributed by atoms with Crippen molar-refractivity contribution in [2.45, 2.75) is 37.6 Å². The maximum absolute atomic E-state index is 5.59. The van der Waals surface area contributed by atoms with Gasteiger partial charge in [-0.25, -0.2) is 4.99 Å². The molecule has 43 heavy (non-hydrogen) atoms. The molecule has 3 aliphatic carbocycles. The number of fused-ring (bicyclic) bond motifs is 8. The molecule has 3 nitrogen and oxygen atoms in total. The molecule has 5 aromatic rings. The lowest BCUT2D eigenvalue weighted by atomic mass is 9.68. The average Bonchev–Trinajstić information content (AvgIpc) is 3.49. The van der Waals surface area contributed by atoms with Gasteiger partial charge in [0.05, 0.1) is 17.3 Å². The Hall–Kier alpha value is -4.89. The molecule has 4 aliphatic rings. The molecule has 0 amide bonds. The van der Waals surface area contributed by atoms with Gasteiger partial charge in [-0.2, -0.15) is 0 Å². The first-order valence-electron chi connectivity index (χ1n) is 15.3. The number of allylic oxidation sites excluding steroid dienone is 5. The van der Waals surface area contributed by atoms with Crippen molar-refractivity contribution in [3.8, 4) is 0 Å². The smallest absolute Gasteiger partial charge is 0.209 e. The summed E-state index contributed by atoms with van der Waals surface area (Å²) in [6, 6.07) is 33.1. The molecule has 3 unspecified atom stereocenters. The third-order valence-electron chi connectivity index (χ3n) is 10.3. The van der Waals surface area contributed by atoms with Crippen molar-refractivity contribution in [2.75, 3.05) is 0 Å². The van der Waals surface area contributed by atoms with Crippen LogP contribution in [0.25, 0.3) is 33.4 Å². The van der Waals surface area contributed by atoms with E-state index in [9.17, 15) is 0 Å². The number of nitrogens with zero attached hydrogens (tertiary/aromatic N) is 2. The Morgan fingerprint density at radius 1 is 0.791 bits per heavy atom. The van der Waals surface area contributed by atoms with Crippen molar-refractivity contribution in [1.29, 1.82) is 0 Å². The predicted molar refractivity (Wildman–Crippen MR) is 179 cm³/mol. The Morgan fingerprint density at radius 2 is 1.53 bits per heavy atom. The van der Waals surface area contributed by atoms with Crippen LogP contribution in [-0.4, -0.2) is 10.5 Å². The van der Waals surface area contributed by atoms with Crippen LogP contribution in [0, 0.1) is 5.92 Å². The van der Waals surface area contributed by atoms with Gasteiger partial charge in [-0.3, -0.25) is 4.57 Å². The molecule has 0 radical (unpaired) electrons. The standard InChI is InChI=1S/C40H33N3/c1-39(2)32-19-10-9-18-30(32)36-34(39)35(25-13-5-4-6-14-25)41-38(42-36)43-33-24-27-16-8-7-15-26(27)23-31(33)29-21-20-28-17-11-12-22-40(28,3)37(29)43/h4-24,28,35H,1-3H3,(H,41,42). The predicted octanol–water partition coefficient (Wildman–Crippen LogP) is 9.07. The van der Waals surface area contributed by atoms with Crippen molar-refractivity contribution in [2.24, 2.45) is 10.9 Å². The summed E-state index contributed by atoms with van der Waals surface area (Å²) in [5.74, 6) is 1.16. The van der Waals surface area contributed by atoms with Crippen LogP contribution in [0.2, 0.25) is 0 Å². The third kappa shape index (κ3) is 3.28. The van der Waals surface area contributed by atoms with Crippen molar-refractivity contribution < 1.29 is 0 Å². The quantitative estimate of drug-likeness (QED) is 0.220. The van der Waals surface area contributed by atoms with Crippen molar-refractivity contribution >= 4 is 39.4 Å². The van der Waals surface area contributed by atoms with E-state index in [2.05, 4.69) is 158 Å². The van der Waals surface area contributed by atoms with Gasteiger partial charge in [-0.1, -0.05) is 129 Å². The molecule has 9 rings (SSSR count). The topological polar surface area (TPSA) is 29.3 Å². The number of hydrogen-bond donors (Lipinski definition) is 1. The number of benzene rings is 4. The summed E-state index contributed by atoms with van der Waals surface area (Å²) in [5.41, 5.74) is 9.67. The average molecular weight is 556 g/mol. The lowest BCUT2D eigenvalue weighted by molar-refractivity contribution is 0.472. The summed E-state index contributed by atoms with van der Waals surface area (Å²) >= 11 is 0. The maximum atomic E-state index is 5.59. The number of aliphatic imine (C=N–C) groups is 1. The highest BCUT2D eigenvalue weighted by Crippen LogP contribution is 2.53. The molecule has 0 saturated heterocycles. The third-order valence-corrected chi connectivity index (χ3v) is 10.3. The van der Waals surface area contributed by atoms with Gasteiger partial charge in [-0.15, -0.1) is 0 Å². The SMILES string of the molecule is CC1(C)C2=C(N=C(n3c4c(c5cc6ccccc6cc53)C=CC3C=CC=CC43C)NC2c2ccccc2)c2ccccc21. The van der Waals surface area contributed by atoms with Gasteiger partial charge in [0.15, 0.2) is 0 Å². The first-order valence-corrected chi connectivity index (χ1v) is 15.3. The van der Waals surface area contributed by atoms with Gasteiger partial charge in [0.25, 0.3) is 0 Å². The lowest BCUT2D eigenvalue weighted by Gasteiger charge is -2.39. The molecular weight excluding hydrogens is 522 g/mol. The van der Waals surface area contributed by atoms with E-state index in [0.717, 1.165) is 11.7 Å². The monoisotopic (exact) mass is 555 g/mol. The molecule has 3 atom stereocenters. The van der Waals surface area contributed by atoms with Gasteiger partial charge in [0, 0.05) is 39.0 Å². The highest BCUT2D eigenvalue weighted by Gasteiger charge is 2.46. The molecular formula is C40H33N3. The molecule has 208 valence electrons. The van der Waals surface area contributed by atoms with E-state index in [1.165, 1.54) is 55.2 Å². The molecule has 0 fully saturated rings. The Balaban J connectivity index is 1.39. The second-order valence-corrected chi connectivity index (χ2v) is 13.1. The number of nitrogens with one attached hydrogen (secondary N) is 1. The minimum atomic E-state index is -0.210. The first-order chi connectivity index (χ1) is 20.9. The summed E-state index contributed by atoms with van der Waals surface area (Å²) in [6.07, 6.45) is 13.8. The van der Waals surface area contributed by atoms with E-state index < -0.39 is 0 Å². The zero-order chi connectivity index (χ0) is 28.9. The first kappa shape index (κ1) is 24.7. The second kappa shape index (κ2) is 8.58. The fourth-order valence-electron chi connectivity index (χ4n) is 8.16. The van der Waals surface area contributed by atoms with E-state index in [1.54, 1.807) is 0 Å². The fraction of sp³-hybridized carbons (Fsp3) is 0.175. The summed E-state index contributed by atoms with van der Waals surface area (Å²) in [5, 5.41) is 7.78. The van der Waals surface area contributed by atoms with Crippen LogP contribution in [0.5, 0.6) is 0 Å². The van der Waals surface area contributed by atoms with Crippen LogP contribution in [0.15, 0.2) is 132 Å². The van der Waals surface area contributed by atoms with E-state index in [-0.39, 0.29) is 22.8 Å². The van der Waals surface area contributed by atoms with Gasteiger partial charge < -0.3 is 5.32 Å². The fourth-order valence-corrected chi connectivity index (χ4v) is 8.16. The second-order valence-electron chi connectivity index (χ2n) is 13.1. The maximum Gasteiger partial charge on any atom is 0.209 e. The summed E-state index contributed by atoms with van der Waals surface area (Å²) < 4.78 is 2.45. The number of rotatable bonds is 1. The summed E-state index contributed by atoms with van der Waals surface area (Å²) in [6.45, 7) is 7.08. The highest BCUT2D eigenvalue weighted by molar-refractivity contribution is 6.09. The van der Waals surface area contributed by atoms with Crippen LogP contribution in [-0.2, 0) is 10.8 Å². The molecule has 1 aromatic heterocycles. The Labute approximate surface area is 252 Å². The Morgan fingerprint density at radius 3 is 2.37 bits per heavy atom. The van der Waals surface area contributed by atoms with Crippen molar-refractivity contribution in [3.05, 3.63) is 155 Å². The Bertz CT molecular complexity index is 2150. The zero-order valence-electron chi connectivity index (χ0n) is 24.7. The molecule has 0 bridgehead atoms. The van der Waals surface area contributed by atoms with Crippen LogP contribution in [0.3, 0.4) is 0 Å². The van der Waals surface area contributed by atoms with Crippen LogP contribution in [0.1, 0.15) is 54.8 Å². The van der Waals surface area contributed by atoms with Crippen molar-refractivity contribution in [3.63, 3.8) is 0 Å². The van der Waals surface area contributed by atoms with E-state index in [4.69, 9.17) is 4.99 Å². The van der Waals surface area contributed by atoms with E-state index >= 15 is 0 Å². The normalized spacial score (nSPS) is 24.4. The lowest BCUT2D eigenvalue weighted by Crippen LogP contribution is -2.43. The van der Waals surface area contributed by atoms with Gasteiger partial charge in [-0.05, 0) is 46.5 Å². The van der Waals surface area contributed by atoms with Crippen LogP contribution in [0.4, 0.5) is 0 Å². The number of aromatic nitrogens is 1. The summed E-state index contributed by atoms with van der Waals surface area (Å²) in [4.78, 5) is 5.59. The van der Waals surface area contributed by atoms with E-state index in [0.29, 0.717) is 0 Å². The zero-order valence-corrected chi connectivity index (χ0v) is 24.7. The van der Waals surface area contributed by atoms with Crippen molar-refractivity contribution in [1.82, 2.24) is 9.88 Å². The van der Waals surface area contributed by atoms with Gasteiger partial charge >= 0.3 is 0 Å². The van der Waals surface area contributed by atoms with Gasteiger partial charge in [0.2, 0.25) is 5.96 Å². The minimum Gasteiger partial charge on any atom is -0.345 e. The molecule has 1 aliphatic heterocycles.